The van der Waals surface area contributed by atoms with E-state index in [0.717, 1.165) is 0 Å². The highest BCUT2D eigenvalue weighted by Gasteiger charge is 1.77. The zero-order chi connectivity index (χ0) is 96.0. The molecule has 0 heterocycles. The molecule has 0 bridgehead atoms. The van der Waals surface area contributed by atoms with Gasteiger partial charge in [0.15, 0.2) is 0 Å². The average Bonchev–Trinajstić information content (AvgIpc) is 1.14. The van der Waals surface area contributed by atoms with Crippen molar-refractivity contribution in [3.8, 4) is 0 Å². The molecule has 0 atom stereocenters. The molecule has 0 saturated heterocycles. The number of allylic oxidation sites excluding steroid dienone is 133. The van der Waals surface area contributed by atoms with E-state index in [-0.39, 0.29) is 0 Å². The highest BCUT2D eigenvalue weighted by molar-refractivity contribution is 5.35. The van der Waals surface area contributed by atoms with Crippen LogP contribution in [-0.2, 0) is 0 Å². The van der Waals surface area contributed by atoms with Gasteiger partial charge in [-0.15, -0.1) is 0 Å². The Labute approximate surface area is 815 Å². The van der Waals surface area contributed by atoms with Crippen molar-refractivity contribution in [3.05, 3.63) is 815 Å². The second-order valence-corrected chi connectivity index (χ2v) is 25.8. The molecule has 0 amide bonds. The summed E-state index contributed by atoms with van der Waals surface area (Å²) >= 11 is 0. The summed E-state index contributed by atoms with van der Waals surface area (Å²) < 4.78 is 0. The molecule has 0 fully saturated rings. The number of hydrogen-bond donors (Lipinski definition) is 0. The molecule has 135 heavy (non-hydrogen) atoms. The van der Waals surface area contributed by atoms with Gasteiger partial charge >= 0.3 is 0 Å². The van der Waals surface area contributed by atoms with Gasteiger partial charge in [0.25, 0.3) is 0 Å². The smallest absolute Gasteiger partial charge is 0.0467 e. The average molecular weight is 1760 g/mol. The van der Waals surface area contributed by atoms with Gasteiger partial charge in [-0.1, -0.05) is 815 Å². The first-order valence-electron chi connectivity index (χ1n) is 45.0. The van der Waals surface area contributed by atoms with Crippen LogP contribution >= 0.6 is 0 Å². The summed E-state index contributed by atoms with van der Waals surface area (Å²) in [5.41, 5.74) is 0. The lowest BCUT2D eigenvalue weighted by molar-refractivity contribution is 1.73. The minimum Gasteiger partial charge on any atom is -0.0991 e. The highest BCUT2D eigenvalue weighted by atomic mass is 13.8. The molecular formula is C135H138. The summed E-state index contributed by atoms with van der Waals surface area (Å²) in [4.78, 5) is 0. The Hall–Kier alpha value is -17.4. The molecule has 0 aliphatic heterocycles. The Morgan fingerprint density at radius 1 is 0.0593 bits per heavy atom. The third-order valence-corrected chi connectivity index (χ3v) is 14.8. The van der Waals surface area contributed by atoms with Crippen molar-refractivity contribution < 1.29 is 0 Å². The monoisotopic (exact) mass is 1760 g/mol. The van der Waals surface area contributed by atoms with E-state index < -0.39 is 0 Å². The maximum absolute atomic E-state index is 3.64. The Morgan fingerprint density at radius 3 is 0.133 bits per heavy atom. The van der Waals surface area contributed by atoms with E-state index in [4.69, 9.17) is 0 Å². The summed E-state index contributed by atoms with van der Waals surface area (Å²) in [6.07, 6.45) is 265. The molecule has 0 rings (SSSR count). The SMILES string of the molecule is C=CC=CC=CC=CC=CC=CC=CC=CC=CC=CC=CC=CC=CC=CC=CC=CC=CC=CC=CC=CC=CC=CC=CC=CC=CC=CC=CC=CC=CC=CC=CC=CC=CC=CC=CC=CC=CC=CC=CC=CC=CC=CC=CC=CC=CC=CC=CC=CC=CC=CC=CC=CC=CC=CC=CC=CC=CC=CC=CC=CC=CC=CC=CC=CC=CC=CC=CC. The van der Waals surface area contributed by atoms with Crippen molar-refractivity contribution in [3.63, 3.8) is 0 Å². The van der Waals surface area contributed by atoms with Crippen LogP contribution in [-0.4, -0.2) is 0 Å². The molecule has 0 heteroatoms. The molecule has 0 aromatic heterocycles. The Balaban J connectivity index is 4.14. The summed E-state index contributed by atoms with van der Waals surface area (Å²) in [7, 11) is 0. The summed E-state index contributed by atoms with van der Waals surface area (Å²) in [6.45, 7) is 5.64. The summed E-state index contributed by atoms with van der Waals surface area (Å²) in [5, 5.41) is 0. The lowest BCUT2D eigenvalue weighted by Gasteiger charge is -1.77. The lowest BCUT2D eigenvalue weighted by atomic mass is 10.3. The van der Waals surface area contributed by atoms with Gasteiger partial charge in [0.05, 0.1) is 0 Å². The molecular weight excluding hydrogens is 1620 g/mol. The van der Waals surface area contributed by atoms with Crippen LogP contribution < -0.4 is 0 Å². The molecule has 0 N–H and O–H groups in total. The Kier molecular flexibility index (Phi) is 102. The van der Waals surface area contributed by atoms with E-state index in [0.29, 0.717) is 0 Å². The van der Waals surface area contributed by atoms with Crippen LogP contribution in [0.3, 0.4) is 0 Å². The molecule has 0 spiro atoms. The maximum Gasteiger partial charge on any atom is -0.0467 e. The number of hydrogen-bond acceptors (Lipinski definition) is 0. The maximum atomic E-state index is 3.64. The molecule has 0 saturated carbocycles. The fourth-order valence-electron chi connectivity index (χ4n) is 8.47. The second-order valence-electron chi connectivity index (χ2n) is 25.8. The molecule has 0 aromatic rings. The minimum absolute atomic E-state index is 1.75. The number of rotatable bonds is 66. The normalized spacial score (nSPS) is 15.7. The van der Waals surface area contributed by atoms with Crippen LogP contribution in [0.5, 0.6) is 0 Å². The van der Waals surface area contributed by atoms with Crippen molar-refractivity contribution >= 4 is 0 Å². The largest absolute Gasteiger partial charge is 0.0991 e. The zero-order valence-electron chi connectivity index (χ0n) is 78.5. The van der Waals surface area contributed by atoms with E-state index in [1.807, 2.05) is 809 Å². The van der Waals surface area contributed by atoms with Crippen LogP contribution in [0.4, 0.5) is 0 Å². The van der Waals surface area contributed by atoms with Gasteiger partial charge < -0.3 is 0 Å². The molecule has 0 aliphatic carbocycles. The predicted molar refractivity (Wildman–Crippen MR) is 619 cm³/mol. The first-order valence-corrected chi connectivity index (χ1v) is 45.0. The molecule has 0 aromatic carbocycles. The van der Waals surface area contributed by atoms with Gasteiger partial charge in [-0.2, -0.15) is 0 Å². The van der Waals surface area contributed by atoms with Gasteiger partial charge in [0, 0.05) is 0 Å². The van der Waals surface area contributed by atoms with Crippen molar-refractivity contribution in [1.82, 2.24) is 0 Å². The lowest BCUT2D eigenvalue weighted by Crippen LogP contribution is -1.55. The first-order chi connectivity index (χ1) is 67.4. The van der Waals surface area contributed by atoms with Crippen molar-refractivity contribution in [2.75, 3.05) is 0 Å². The van der Waals surface area contributed by atoms with Crippen molar-refractivity contribution in [2.24, 2.45) is 0 Å². The fourth-order valence-corrected chi connectivity index (χ4v) is 8.47. The van der Waals surface area contributed by atoms with Gasteiger partial charge in [0.1, 0.15) is 0 Å². The van der Waals surface area contributed by atoms with Gasteiger partial charge in [-0.05, 0) is 6.92 Å². The van der Waals surface area contributed by atoms with Gasteiger partial charge in [-0.3, -0.25) is 0 Å². The van der Waals surface area contributed by atoms with Crippen LogP contribution in [0.1, 0.15) is 6.92 Å². The third-order valence-electron chi connectivity index (χ3n) is 14.8. The summed E-state index contributed by atoms with van der Waals surface area (Å²) in [5.74, 6) is 0. The zero-order valence-corrected chi connectivity index (χ0v) is 78.5. The molecule has 0 radical (unpaired) electrons. The fraction of sp³-hybridized carbons (Fsp3) is 0.00741. The van der Waals surface area contributed by atoms with Crippen LogP contribution in [0.25, 0.3) is 0 Å². The predicted octanol–water partition coefficient (Wildman–Crippen LogP) is 37.9. The third kappa shape index (κ3) is 117. The van der Waals surface area contributed by atoms with Gasteiger partial charge in [0.2, 0.25) is 0 Å². The van der Waals surface area contributed by atoms with E-state index >= 15 is 0 Å². The van der Waals surface area contributed by atoms with E-state index in [9.17, 15) is 0 Å². The van der Waals surface area contributed by atoms with Crippen LogP contribution in [0.2, 0.25) is 0 Å². The highest BCUT2D eigenvalue weighted by Crippen LogP contribution is 1.99. The first kappa shape index (κ1) is 118. The van der Waals surface area contributed by atoms with E-state index in [2.05, 4.69) is 6.58 Å². The van der Waals surface area contributed by atoms with E-state index in [1.54, 1.807) is 6.08 Å². The van der Waals surface area contributed by atoms with E-state index in [1.165, 1.54) is 0 Å². The standard InChI is InChI=1S/C135H138/c1-3-5-7-9-11-13-15-17-19-21-23-25-27-29-31-33-35-37-39-41-43-45-47-49-51-53-55-57-59-61-63-65-67-69-71-73-75-77-79-81-83-85-87-89-91-93-95-97-99-101-103-105-107-109-111-113-115-117-119-121-123-125-127-129-131-133-135-134-132-130-128-126-124-122-120-118-116-114-112-110-108-106-104-102-100-98-96-94-92-90-88-86-84-82-80-78-76-74-72-70-68-66-64-62-60-58-56-54-52-50-48-46-44-42-40-38-36-34-32-30-28-26-24-22-20-18-16-14-12-10-8-6-4-2/h3-135H,1H2,2H3. The van der Waals surface area contributed by atoms with Crippen molar-refractivity contribution in [2.45, 2.75) is 6.92 Å². The van der Waals surface area contributed by atoms with Gasteiger partial charge in [-0.25, -0.2) is 0 Å². The summed E-state index contributed by atoms with van der Waals surface area (Å²) in [6, 6.07) is 0. The Bertz CT molecular complexity index is 4880. The minimum atomic E-state index is 1.75. The van der Waals surface area contributed by atoms with Crippen molar-refractivity contribution in [1.29, 1.82) is 0 Å². The molecule has 678 valence electrons. The van der Waals surface area contributed by atoms with Crippen LogP contribution in [0.15, 0.2) is 815 Å². The molecule has 0 aliphatic rings. The quantitative estimate of drug-likeness (QED) is 0.0533. The topological polar surface area (TPSA) is 0 Å². The molecule has 0 nitrogen and oxygen atoms in total. The molecule has 0 unspecified atom stereocenters. The second kappa shape index (κ2) is 117. The van der Waals surface area contributed by atoms with Crippen LogP contribution in [0, 0.1) is 0 Å². The Morgan fingerprint density at radius 2 is 0.0963 bits per heavy atom.